The zero-order valence-electron chi connectivity index (χ0n) is 14.1. The number of hydrazone groups is 1. The largest absolute Gasteiger partial charge is 0.330 e. The maximum Gasteiger partial charge on any atom is 0.241 e. The quantitative estimate of drug-likeness (QED) is 0.553. The Morgan fingerprint density at radius 3 is 2.76 bits per heavy atom. The van der Waals surface area contributed by atoms with Crippen LogP contribution in [0.2, 0.25) is 0 Å². The van der Waals surface area contributed by atoms with Crippen molar-refractivity contribution in [2.45, 2.75) is 19.9 Å². The van der Waals surface area contributed by atoms with Crippen LogP contribution < -0.4 is 5.43 Å². The van der Waals surface area contributed by atoms with E-state index >= 15 is 0 Å². The number of amides is 1. The fraction of sp³-hybridized carbons (Fsp3) is 0.150. The van der Waals surface area contributed by atoms with Crippen LogP contribution in [0, 0.1) is 0 Å². The molecule has 0 radical (unpaired) electrons. The zero-order chi connectivity index (χ0) is 17.5. The molecule has 0 spiro atoms. The number of nitrogens with one attached hydrogen (secondary N) is 1. The number of rotatable bonds is 6. The highest BCUT2D eigenvalue weighted by molar-refractivity contribution is 5.86. The molecule has 5 nitrogen and oxygen atoms in total. The Balaban J connectivity index is 1.50. The fourth-order valence-corrected chi connectivity index (χ4v) is 2.52. The first-order valence-electron chi connectivity index (χ1n) is 8.17. The smallest absolute Gasteiger partial charge is 0.241 e. The number of para-hydroxylation sites is 2. The van der Waals surface area contributed by atoms with E-state index in [1.165, 1.54) is 0 Å². The van der Waals surface area contributed by atoms with Gasteiger partial charge in [-0.2, -0.15) is 5.10 Å². The third-order valence-corrected chi connectivity index (χ3v) is 3.76. The summed E-state index contributed by atoms with van der Waals surface area (Å²) in [6, 6.07) is 17.9. The van der Waals surface area contributed by atoms with E-state index in [-0.39, 0.29) is 5.91 Å². The predicted molar refractivity (Wildman–Crippen MR) is 101 cm³/mol. The average molecular weight is 332 g/mol. The number of hydrogen-bond donors (Lipinski definition) is 1. The molecule has 1 aromatic heterocycles. The number of imidazole rings is 1. The van der Waals surface area contributed by atoms with Gasteiger partial charge in [-0.15, -0.1) is 0 Å². The molecule has 3 rings (SSSR count). The summed E-state index contributed by atoms with van der Waals surface area (Å²) >= 11 is 0. The molecule has 0 atom stereocenters. The molecule has 0 bridgehead atoms. The lowest BCUT2D eigenvalue weighted by Gasteiger charge is -2.03. The number of fused-ring (bicyclic) bond motifs is 1. The summed E-state index contributed by atoms with van der Waals surface area (Å²) in [4.78, 5) is 16.3. The second-order valence-corrected chi connectivity index (χ2v) is 5.77. The third kappa shape index (κ3) is 4.64. The van der Waals surface area contributed by atoms with Crippen molar-refractivity contribution < 1.29 is 4.79 Å². The Hall–Kier alpha value is -3.21. The Kier molecular flexibility index (Phi) is 5.36. The second-order valence-electron chi connectivity index (χ2n) is 5.77. The molecule has 25 heavy (non-hydrogen) atoms. The van der Waals surface area contributed by atoms with Crippen LogP contribution in [-0.2, 0) is 11.3 Å². The molecule has 1 N–H and O–H groups in total. The van der Waals surface area contributed by atoms with Crippen molar-refractivity contribution in [3.8, 4) is 0 Å². The summed E-state index contributed by atoms with van der Waals surface area (Å²) < 4.78 is 1.97. The van der Waals surface area contributed by atoms with Crippen LogP contribution in [0.1, 0.15) is 18.9 Å². The Morgan fingerprint density at radius 1 is 1.16 bits per heavy atom. The van der Waals surface area contributed by atoms with E-state index in [4.69, 9.17) is 0 Å². The van der Waals surface area contributed by atoms with E-state index in [1.54, 1.807) is 12.5 Å². The van der Waals surface area contributed by atoms with Crippen LogP contribution in [0.4, 0.5) is 0 Å². The number of carbonyl (C=O) groups excluding carboxylic acids is 1. The van der Waals surface area contributed by atoms with Crippen molar-refractivity contribution in [1.29, 1.82) is 0 Å². The van der Waals surface area contributed by atoms with E-state index in [0.29, 0.717) is 13.0 Å². The molecule has 1 heterocycles. The highest BCUT2D eigenvalue weighted by Crippen LogP contribution is 2.12. The van der Waals surface area contributed by atoms with E-state index in [0.717, 1.165) is 22.2 Å². The monoisotopic (exact) mass is 332 g/mol. The van der Waals surface area contributed by atoms with Crippen LogP contribution >= 0.6 is 0 Å². The summed E-state index contributed by atoms with van der Waals surface area (Å²) in [5, 5.41) is 4.01. The molecule has 0 aliphatic rings. The SMILES string of the molecule is CC(C=NNC(=O)CCn1cnc2ccccc21)=Cc1ccccc1. The summed E-state index contributed by atoms with van der Waals surface area (Å²) in [6.07, 6.45) is 5.76. The minimum Gasteiger partial charge on any atom is -0.330 e. The molecule has 126 valence electrons. The molecule has 2 aromatic carbocycles. The summed E-state index contributed by atoms with van der Waals surface area (Å²) in [6.45, 7) is 2.51. The Morgan fingerprint density at radius 2 is 1.92 bits per heavy atom. The molecule has 0 saturated heterocycles. The number of nitrogens with zero attached hydrogens (tertiary/aromatic N) is 3. The van der Waals surface area contributed by atoms with Gasteiger partial charge in [-0.05, 0) is 30.2 Å². The number of carbonyl (C=O) groups is 1. The highest BCUT2D eigenvalue weighted by atomic mass is 16.2. The zero-order valence-corrected chi connectivity index (χ0v) is 14.1. The summed E-state index contributed by atoms with van der Waals surface area (Å²) in [7, 11) is 0. The van der Waals surface area contributed by atoms with Crippen molar-refractivity contribution in [2.24, 2.45) is 5.10 Å². The van der Waals surface area contributed by atoms with Crippen LogP contribution in [0.5, 0.6) is 0 Å². The van der Waals surface area contributed by atoms with Crippen molar-refractivity contribution in [2.75, 3.05) is 0 Å². The highest BCUT2D eigenvalue weighted by Gasteiger charge is 2.04. The van der Waals surface area contributed by atoms with Gasteiger partial charge in [0, 0.05) is 13.0 Å². The Labute approximate surface area is 146 Å². The van der Waals surface area contributed by atoms with E-state index < -0.39 is 0 Å². The fourth-order valence-electron chi connectivity index (χ4n) is 2.52. The lowest BCUT2D eigenvalue weighted by Crippen LogP contribution is -2.19. The Bertz CT molecular complexity index is 910. The molecule has 0 unspecified atom stereocenters. The summed E-state index contributed by atoms with van der Waals surface area (Å²) in [5.41, 5.74) is 6.59. The van der Waals surface area contributed by atoms with E-state index in [2.05, 4.69) is 15.5 Å². The van der Waals surface area contributed by atoms with Gasteiger partial charge in [0.25, 0.3) is 0 Å². The number of aromatic nitrogens is 2. The molecule has 0 fully saturated rings. The number of benzene rings is 2. The standard InChI is InChI=1S/C20H20N4O/c1-16(13-17-7-3-2-4-8-17)14-22-23-20(25)11-12-24-15-21-18-9-5-6-10-19(18)24/h2-10,13-15H,11-12H2,1H3,(H,23,25). The van der Waals surface area contributed by atoms with Gasteiger partial charge in [-0.3, -0.25) is 4.79 Å². The molecule has 0 saturated carbocycles. The van der Waals surface area contributed by atoms with E-state index in [1.807, 2.05) is 72.2 Å². The van der Waals surface area contributed by atoms with Gasteiger partial charge in [-0.25, -0.2) is 10.4 Å². The molecule has 5 heteroatoms. The van der Waals surface area contributed by atoms with Gasteiger partial charge in [-0.1, -0.05) is 48.5 Å². The van der Waals surface area contributed by atoms with Crippen molar-refractivity contribution in [3.63, 3.8) is 0 Å². The van der Waals surface area contributed by atoms with Crippen LogP contribution in [0.15, 0.2) is 71.6 Å². The lowest BCUT2D eigenvalue weighted by atomic mass is 10.1. The lowest BCUT2D eigenvalue weighted by molar-refractivity contribution is -0.121. The first-order chi connectivity index (χ1) is 12.2. The van der Waals surface area contributed by atoms with E-state index in [9.17, 15) is 4.79 Å². The predicted octanol–water partition coefficient (Wildman–Crippen LogP) is 3.63. The van der Waals surface area contributed by atoms with Crippen molar-refractivity contribution in [3.05, 3.63) is 72.1 Å². The van der Waals surface area contributed by atoms with Gasteiger partial charge in [0.05, 0.1) is 23.6 Å². The van der Waals surface area contributed by atoms with Gasteiger partial charge in [0.1, 0.15) is 0 Å². The van der Waals surface area contributed by atoms with Gasteiger partial charge < -0.3 is 4.57 Å². The first-order valence-corrected chi connectivity index (χ1v) is 8.17. The summed E-state index contributed by atoms with van der Waals surface area (Å²) in [5.74, 6) is -0.124. The van der Waals surface area contributed by atoms with Crippen LogP contribution in [0.3, 0.4) is 0 Å². The molecule has 0 aliphatic heterocycles. The van der Waals surface area contributed by atoms with Gasteiger partial charge >= 0.3 is 0 Å². The van der Waals surface area contributed by atoms with Crippen molar-refractivity contribution in [1.82, 2.24) is 15.0 Å². The minimum atomic E-state index is -0.124. The minimum absolute atomic E-state index is 0.124. The first kappa shape index (κ1) is 16.6. The number of aryl methyl sites for hydroxylation is 1. The average Bonchev–Trinajstić information content (AvgIpc) is 3.04. The number of allylic oxidation sites excluding steroid dienone is 1. The van der Waals surface area contributed by atoms with Crippen LogP contribution in [0.25, 0.3) is 17.1 Å². The molecule has 1 amide bonds. The molecular weight excluding hydrogens is 312 g/mol. The molecule has 3 aromatic rings. The van der Waals surface area contributed by atoms with Crippen LogP contribution in [-0.4, -0.2) is 21.7 Å². The third-order valence-electron chi connectivity index (χ3n) is 3.76. The van der Waals surface area contributed by atoms with Crippen molar-refractivity contribution >= 4 is 29.2 Å². The molecule has 0 aliphatic carbocycles. The molecular formula is C20H20N4O. The van der Waals surface area contributed by atoms with Gasteiger partial charge in [0.15, 0.2) is 0 Å². The van der Waals surface area contributed by atoms with Gasteiger partial charge in [0.2, 0.25) is 5.91 Å². The normalized spacial score (nSPS) is 12.0. The number of hydrogen-bond acceptors (Lipinski definition) is 3. The maximum atomic E-state index is 11.9. The maximum absolute atomic E-state index is 11.9. The topological polar surface area (TPSA) is 59.3 Å². The second kappa shape index (κ2) is 8.06.